The van der Waals surface area contributed by atoms with Crippen molar-refractivity contribution in [3.8, 4) is 0 Å². The minimum Gasteiger partial charge on any atom is -0.445 e. The number of carbonyl (C=O) groups is 1. The molecular formula is C21H19Cl2NO2. The molecule has 2 atom stereocenters. The van der Waals surface area contributed by atoms with Gasteiger partial charge in [0, 0.05) is 16.1 Å². The Labute approximate surface area is 163 Å². The predicted molar refractivity (Wildman–Crippen MR) is 104 cm³/mol. The van der Waals surface area contributed by atoms with Crippen LogP contribution in [0.15, 0.2) is 54.6 Å². The number of benzene rings is 2. The number of nitrogens with zero attached hydrogens (tertiary/aromatic N) is 1. The monoisotopic (exact) mass is 387 g/mol. The van der Waals surface area contributed by atoms with Crippen LogP contribution >= 0.6 is 23.2 Å². The number of ether oxygens (including phenoxy) is 1. The highest BCUT2D eigenvalue weighted by Crippen LogP contribution is 2.41. The summed E-state index contributed by atoms with van der Waals surface area (Å²) in [6.45, 7) is 0.301. The molecule has 2 aromatic carbocycles. The lowest BCUT2D eigenvalue weighted by Gasteiger charge is -2.33. The molecule has 1 fully saturated rings. The topological polar surface area (TPSA) is 29.5 Å². The van der Waals surface area contributed by atoms with Crippen LogP contribution in [0, 0.1) is 0 Å². The first-order chi connectivity index (χ1) is 12.6. The minimum atomic E-state index is -0.237. The molecule has 2 aliphatic rings. The van der Waals surface area contributed by atoms with E-state index in [2.05, 4.69) is 6.08 Å². The molecule has 2 aliphatic heterocycles. The summed E-state index contributed by atoms with van der Waals surface area (Å²) < 4.78 is 5.54. The van der Waals surface area contributed by atoms with Gasteiger partial charge in [-0.05, 0) is 48.1 Å². The molecule has 0 spiro atoms. The summed E-state index contributed by atoms with van der Waals surface area (Å²) >= 11 is 12.4. The lowest BCUT2D eigenvalue weighted by atomic mass is 9.95. The molecule has 1 amide bonds. The Morgan fingerprint density at radius 3 is 2.65 bits per heavy atom. The first-order valence-electron chi connectivity index (χ1n) is 8.77. The summed E-state index contributed by atoms with van der Waals surface area (Å²) in [5.74, 6) is 0. The average molecular weight is 388 g/mol. The molecule has 3 nitrogen and oxygen atoms in total. The number of hydrogen-bond donors (Lipinski definition) is 0. The molecule has 0 aliphatic carbocycles. The molecule has 4 rings (SSSR count). The summed E-state index contributed by atoms with van der Waals surface area (Å²) in [6, 6.07) is 15.6. The Kier molecular flexibility index (Phi) is 4.92. The Morgan fingerprint density at radius 2 is 1.92 bits per heavy atom. The molecule has 1 saturated heterocycles. The van der Waals surface area contributed by atoms with Gasteiger partial charge >= 0.3 is 6.09 Å². The van der Waals surface area contributed by atoms with Gasteiger partial charge in [-0.3, -0.25) is 4.90 Å². The van der Waals surface area contributed by atoms with Crippen LogP contribution in [-0.2, 0) is 11.3 Å². The third-order valence-electron chi connectivity index (χ3n) is 5.09. The number of carbonyl (C=O) groups excluding carboxylic acids is 1. The van der Waals surface area contributed by atoms with E-state index in [0.717, 1.165) is 30.4 Å². The number of amides is 1. The molecule has 0 radical (unpaired) electrons. The van der Waals surface area contributed by atoms with Crippen molar-refractivity contribution in [2.45, 2.75) is 38.0 Å². The number of hydrogen-bond acceptors (Lipinski definition) is 2. The van der Waals surface area contributed by atoms with Gasteiger partial charge in [0.1, 0.15) is 6.61 Å². The van der Waals surface area contributed by atoms with Crippen molar-refractivity contribution in [1.29, 1.82) is 0 Å². The molecule has 0 N–H and O–H groups in total. The van der Waals surface area contributed by atoms with Gasteiger partial charge in [0.05, 0.1) is 6.04 Å². The molecule has 134 valence electrons. The van der Waals surface area contributed by atoms with E-state index in [4.69, 9.17) is 27.9 Å². The van der Waals surface area contributed by atoms with Crippen molar-refractivity contribution in [1.82, 2.24) is 4.90 Å². The third-order valence-corrected chi connectivity index (χ3v) is 5.64. The Hall–Kier alpha value is -1.97. The number of rotatable bonds is 3. The minimum absolute atomic E-state index is 0.0683. The van der Waals surface area contributed by atoms with E-state index >= 15 is 0 Å². The van der Waals surface area contributed by atoms with Crippen LogP contribution in [0.1, 0.15) is 30.4 Å². The summed E-state index contributed by atoms with van der Waals surface area (Å²) in [4.78, 5) is 14.5. The lowest BCUT2D eigenvalue weighted by Crippen LogP contribution is -2.43. The van der Waals surface area contributed by atoms with E-state index in [0.29, 0.717) is 16.7 Å². The van der Waals surface area contributed by atoms with Gasteiger partial charge < -0.3 is 4.74 Å². The number of fused-ring (bicyclic) bond motifs is 2. The quantitative estimate of drug-likeness (QED) is 0.650. The van der Waals surface area contributed by atoms with Crippen molar-refractivity contribution < 1.29 is 9.53 Å². The van der Waals surface area contributed by atoms with Crippen molar-refractivity contribution in [3.05, 3.63) is 75.8 Å². The van der Waals surface area contributed by atoms with E-state index in [1.54, 1.807) is 6.07 Å². The van der Waals surface area contributed by atoms with Crippen LogP contribution in [0.25, 0.3) is 5.57 Å². The zero-order valence-electron chi connectivity index (χ0n) is 14.2. The first kappa shape index (κ1) is 17.4. The van der Waals surface area contributed by atoms with E-state index in [1.165, 1.54) is 5.57 Å². The second-order valence-electron chi connectivity index (χ2n) is 6.77. The summed E-state index contributed by atoms with van der Waals surface area (Å²) in [6.07, 6.45) is 4.65. The highest BCUT2D eigenvalue weighted by Gasteiger charge is 2.40. The van der Waals surface area contributed by atoms with E-state index in [1.807, 2.05) is 47.4 Å². The molecule has 5 heteroatoms. The molecule has 0 saturated carbocycles. The largest absolute Gasteiger partial charge is 0.445 e. The number of halogens is 2. The highest BCUT2D eigenvalue weighted by atomic mass is 35.5. The zero-order valence-corrected chi connectivity index (χ0v) is 15.7. The van der Waals surface area contributed by atoms with Crippen molar-refractivity contribution in [2.75, 3.05) is 0 Å². The maximum Gasteiger partial charge on any atom is 0.410 e. The fraction of sp³-hybridized carbons (Fsp3) is 0.286. The van der Waals surface area contributed by atoms with Crippen molar-refractivity contribution in [3.63, 3.8) is 0 Å². The Balaban J connectivity index is 1.49. The van der Waals surface area contributed by atoms with Crippen molar-refractivity contribution in [2.24, 2.45) is 0 Å². The maximum absolute atomic E-state index is 12.6. The standard InChI is InChI=1S/C21H19Cl2NO2/c22-16-6-9-19(20(23)12-16)15-10-17-7-8-18(11-15)24(17)21(25)26-13-14-4-2-1-3-5-14/h1-6,9-10,12,17-18H,7-8,11,13H2. The molecular weight excluding hydrogens is 369 g/mol. The van der Waals surface area contributed by atoms with Gasteiger partial charge in [0.15, 0.2) is 0 Å². The van der Waals surface area contributed by atoms with Crippen LogP contribution in [0.2, 0.25) is 10.0 Å². The molecule has 2 aromatic rings. The normalized spacial score (nSPS) is 21.5. The second-order valence-corrected chi connectivity index (χ2v) is 7.61. The van der Waals surface area contributed by atoms with Gasteiger partial charge in [0.2, 0.25) is 0 Å². The smallest absolute Gasteiger partial charge is 0.410 e. The summed E-state index contributed by atoms with van der Waals surface area (Å²) in [7, 11) is 0. The summed E-state index contributed by atoms with van der Waals surface area (Å²) in [5, 5.41) is 1.28. The van der Waals surface area contributed by atoms with Gasteiger partial charge in [-0.1, -0.05) is 65.7 Å². The molecule has 26 heavy (non-hydrogen) atoms. The third kappa shape index (κ3) is 3.46. The zero-order chi connectivity index (χ0) is 18.1. The SMILES string of the molecule is O=C(OCc1ccccc1)N1C2C=C(c3ccc(Cl)cc3Cl)CC1CC2. The molecule has 2 unspecified atom stereocenters. The highest BCUT2D eigenvalue weighted by molar-refractivity contribution is 6.35. The molecule has 0 aromatic heterocycles. The van der Waals surface area contributed by atoms with Crippen LogP contribution < -0.4 is 0 Å². The fourth-order valence-corrected chi connectivity index (χ4v) is 4.39. The van der Waals surface area contributed by atoms with Gasteiger partial charge in [-0.2, -0.15) is 0 Å². The molecule has 2 heterocycles. The maximum atomic E-state index is 12.6. The van der Waals surface area contributed by atoms with E-state index in [9.17, 15) is 4.79 Å². The van der Waals surface area contributed by atoms with Crippen LogP contribution in [-0.4, -0.2) is 23.1 Å². The van der Waals surface area contributed by atoms with E-state index < -0.39 is 0 Å². The van der Waals surface area contributed by atoms with Crippen LogP contribution in [0.4, 0.5) is 4.79 Å². The Morgan fingerprint density at radius 1 is 1.12 bits per heavy atom. The average Bonchev–Trinajstić information content (AvgIpc) is 2.90. The lowest BCUT2D eigenvalue weighted by molar-refractivity contribution is 0.0832. The Bertz CT molecular complexity index is 850. The van der Waals surface area contributed by atoms with Crippen LogP contribution in [0.3, 0.4) is 0 Å². The van der Waals surface area contributed by atoms with Crippen LogP contribution in [0.5, 0.6) is 0 Å². The first-order valence-corrected chi connectivity index (χ1v) is 9.52. The van der Waals surface area contributed by atoms with Gasteiger partial charge in [-0.15, -0.1) is 0 Å². The summed E-state index contributed by atoms with van der Waals surface area (Å²) in [5.41, 5.74) is 3.19. The van der Waals surface area contributed by atoms with Crippen molar-refractivity contribution >= 4 is 34.9 Å². The predicted octanol–water partition coefficient (Wildman–Crippen LogP) is 5.95. The van der Waals surface area contributed by atoms with E-state index in [-0.39, 0.29) is 18.2 Å². The van der Waals surface area contributed by atoms with Gasteiger partial charge in [0.25, 0.3) is 0 Å². The fourth-order valence-electron chi connectivity index (χ4n) is 3.86. The van der Waals surface area contributed by atoms with Gasteiger partial charge in [-0.25, -0.2) is 4.79 Å². The molecule has 2 bridgehead atoms. The second kappa shape index (κ2) is 7.34.